The van der Waals surface area contributed by atoms with Gasteiger partial charge in [-0.1, -0.05) is 6.92 Å². The van der Waals surface area contributed by atoms with Gasteiger partial charge in [0.2, 0.25) is 0 Å². The van der Waals surface area contributed by atoms with Crippen LogP contribution in [0.1, 0.15) is 30.0 Å². The summed E-state index contributed by atoms with van der Waals surface area (Å²) in [5.41, 5.74) is 6.81. The van der Waals surface area contributed by atoms with Gasteiger partial charge in [0.05, 0.1) is 17.3 Å². The second kappa shape index (κ2) is 6.11. The van der Waals surface area contributed by atoms with Crippen LogP contribution < -0.4 is 5.73 Å². The Hall–Kier alpha value is -0.450. The lowest BCUT2D eigenvalue weighted by Crippen LogP contribution is -2.11. The Labute approximate surface area is 89.3 Å². The lowest BCUT2D eigenvalue weighted by molar-refractivity contribution is 0.202. The van der Waals surface area contributed by atoms with Crippen LogP contribution in [0.15, 0.2) is 5.38 Å². The highest BCUT2D eigenvalue weighted by Crippen LogP contribution is 2.20. The van der Waals surface area contributed by atoms with E-state index in [9.17, 15) is 0 Å². The Balaban J connectivity index is 2.57. The molecule has 2 N–H and O–H groups in total. The van der Waals surface area contributed by atoms with Crippen molar-refractivity contribution in [3.63, 3.8) is 0 Å². The maximum absolute atomic E-state index is 5.66. The van der Waals surface area contributed by atoms with Crippen LogP contribution in [-0.4, -0.2) is 25.2 Å². The number of hydrogen-bond acceptors (Lipinski definition) is 4. The zero-order valence-electron chi connectivity index (χ0n) is 8.82. The van der Waals surface area contributed by atoms with Crippen molar-refractivity contribution in [1.29, 1.82) is 0 Å². The van der Waals surface area contributed by atoms with E-state index >= 15 is 0 Å². The molecule has 14 heavy (non-hydrogen) atoms. The molecule has 0 bridgehead atoms. The van der Waals surface area contributed by atoms with Crippen molar-refractivity contribution >= 4 is 11.3 Å². The quantitative estimate of drug-likeness (QED) is 0.785. The van der Waals surface area contributed by atoms with Crippen molar-refractivity contribution in [3.8, 4) is 0 Å². The third-order valence-corrected chi connectivity index (χ3v) is 3.21. The summed E-state index contributed by atoms with van der Waals surface area (Å²) < 4.78 is 5.01. The molecule has 1 heterocycles. The molecule has 1 rings (SSSR count). The summed E-state index contributed by atoms with van der Waals surface area (Å²) in [6.45, 7) is 3.57. The number of methoxy groups -OCH3 is 1. The fraction of sp³-hybridized carbons (Fsp3) is 0.700. The Morgan fingerprint density at radius 1 is 1.64 bits per heavy atom. The second-order valence-corrected chi connectivity index (χ2v) is 4.19. The average molecular weight is 214 g/mol. The number of aromatic nitrogens is 1. The molecule has 1 aromatic heterocycles. The minimum atomic E-state index is 0.419. The summed E-state index contributed by atoms with van der Waals surface area (Å²) in [4.78, 5) is 4.55. The third-order valence-electron chi connectivity index (χ3n) is 2.29. The molecule has 1 unspecified atom stereocenters. The normalized spacial score (nSPS) is 13.1. The van der Waals surface area contributed by atoms with Gasteiger partial charge >= 0.3 is 0 Å². The van der Waals surface area contributed by atoms with Gasteiger partial charge < -0.3 is 10.5 Å². The van der Waals surface area contributed by atoms with Crippen molar-refractivity contribution in [1.82, 2.24) is 4.98 Å². The highest BCUT2D eigenvalue weighted by Gasteiger charge is 2.11. The Kier molecular flexibility index (Phi) is 5.07. The van der Waals surface area contributed by atoms with Gasteiger partial charge in [-0.05, 0) is 6.42 Å². The van der Waals surface area contributed by atoms with Crippen LogP contribution in [-0.2, 0) is 11.2 Å². The molecule has 80 valence electrons. The fourth-order valence-corrected chi connectivity index (χ4v) is 2.17. The van der Waals surface area contributed by atoms with Crippen LogP contribution in [0.2, 0.25) is 0 Å². The lowest BCUT2D eigenvalue weighted by Gasteiger charge is -2.07. The van der Waals surface area contributed by atoms with Crippen LogP contribution in [0.3, 0.4) is 0 Å². The van der Waals surface area contributed by atoms with Crippen molar-refractivity contribution in [3.05, 3.63) is 16.1 Å². The molecular formula is C10H18N2OS. The fourth-order valence-electron chi connectivity index (χ4n) is 1.31. The molecule has 0 aromatic carbocycles. The van der Waals surface area contributed by atoms with Crippen LogP contribution in [0.4, 0.5) is 0 Å². The molecule has 0 aliphatic rings. The zero-order chi connectivity index (χ0) is 10.4. The SMILES string of the molecule is CCC(CN)c1csc(CCOC)n1. The number of nitrogens with zero attached hydrogens (tertiary/aromatic N) is 1. The molecule has 1 atom stereocenters. The van der Waals surface area contributed by atoms with Crippen LogP contribution in [0.25, 0.3) is 0 Å². The summed E-state index contributed by atoms with van der Waals surface area (Å²) in [6, 6.07) is 0. The molecule has 0 amide bonds. The molecule has 0 saturated carbocycles. The van der Waals surface area contributed by atoms with Gasteiger partial charge in [-0.25, -0.2) is 4.98 Å². The average Bonchev–Trinajstić information content (AvgIpc) is 2.65. The summed E-state index contributed by atoms with van der Waals surface area (Å²) in [6.07, 6.45) is 1.96. The van der Waals surface area contributed by atoms with Crippen LogP contribution >= 0.6 is 11.3 Å². The monoisotopic (exact) mass is 214 g/mol. The molecule has 0 spiro atoms. The molecule has 0 aliphatic carbocycles. The molecule has 4 heteroatoms. The van der Waals surface area contributed by atoms with E-state index in [0.29, 0.717) is 12.5 Å². The van der Waals surface area contributed by atoms with Crippen LogP contribution in [0, 0.1) is 0 Å². The third kappa shape index (κ3) is 3.04. The van der Waals surface area contributed by atoms with Crippen molar-refractivity contribution in [2.75, 3.05) is 20.3 Å². The number of hydrogen-bond donors (Lipinski definition) is 1. The van der Waals surface area contributed by atoms with Crippen molar-refractivity contribution in [2.45, 2.75) is 25.7 Å². The van der Waals surface area contributed by atoms with E-state index in [1.54, 1.807) is 18.4 Å². The van der Waals surface area contributed by atoms with E-state index in [0.717, 1.165) is 30.2 Å². The Bertz CT molecular complexity index is 258. The predicted octanol–water partition coefficient (Wildman–Crippen LogP) is 1.78. The summed E-state index contributed by atoms with van der Waals surface area (Å²) in [5.74, 6) is 0.419. The molecule has 0 aliphatic heterocycles. The molecule has 0 radical (unpaired) electrons. The number of ether oxygens (including phenoxy) is 1. The van der Waals surface area contributed by atoms with Gasteiger partial charge in [-0.3, -0.25) is 0 Å². The highest BCUT2D eigenvalue weighted by molar-refractivity contribution is 7.09. The summed E-state index contributed by atoms with van der Waals surface area (Å²) >= 11 is 1.70. The number of thiazole rings is 1. The van der Waals surface area contributed by atoms with Gasteiger partial charge in [-0.15, -0.1) is 11.3 Å². The molecule has 0 saturated heterocycles. The molecule has 1 aromatic rings. The van der Waals surface area contributed by atoms with Gasteiger partial charge in [0.15, 0.2) is 0 Å². The largest absolute Gasteiger partial charge is 0.384 e. The summed E-state index contributed by atoms with van der Waals surface area (Å²) in [7, 11) is 1.71. The molecular weight excluding hydrogens is 196 g/mol. The molecule has 0 fully saturated rings. The summed E-state index contributed by atoms with van der Waals surface area (Å²) in [5, 5.41) is 3.26. The van der Waals surface area contributed by atoms with E-state index in [1.165, 1.54) is 0 Å². The number of nitrogens with two attached hydrogens (primary N) is 1. The van der Waals surface area contributed by atoms with Crippen molar-refractivity contribution in [2.24, 2.45) is 5.73 Å². The van der Waals surface area contributed by atoms with E-state index in [2.05, 4.69) is 17.3 Å². The van der Waals surface area contributed by atoms with Crippen molar-refractivity contribution < 1.29 is 4.74 Å². The second-order valence-electron chi connectivity index (χ2n) is 3.25. The minimum Gasteiger partial charge on any atom is -0.384 e. The first-order valence-corrected chi connectivity index (χ1v) is 5.83. The first kappa shape index (κ1) is 11.6. The first-order valence-electron chi connectivity index (χ1n) is 4.95. The maximum Gasteiger partial charge on any atom is 0.0951 e. The zero-order valence-corrected chi connectivity index (χ0v) is 9.64. The first-order chi connectivity index (χ1) is 6.81. The highest BCUT2D eigenvalue weighted by atomic mass is 32.1. The maximum atomic E-state index is 5.66. The van der Waals surface area contributed by atoms with Crippen LogP contribution in [0.5, 0.6) is 0 Å². The van der Waals surface area contributed by atoms with Gasteiger partial charge in [0.1, 0.15) is 0 Å². The van der Waals surface area contributed by atoms with E-state index in [4.69, 9.17) is 10.5 Å². The minimum absolute atomic E-state index is 0.419. The van der Waals surface area contributed by atoms with Gasteiger partial charge in [-0.2, -0.15) is 0 Å². The van der Waals surface area contributed by atoms with Gasteiger partial charge in [0, 0.05) is 31.4 Å². The predicted molar refractivity (Wildman–Crippen MR) is 59.8 cm³/mol. The van der Waals surface area contributed by atoms with E-state index < -0.39 is 0 Å². The van der Waals surface area contributed by atoms with Gasteiger partial charge in [0.25, 0.3) is 0 Å². The number of rotatable bonds is 6. The lowest BCUT2D eigenvalue weighted by atomic mass is 10.0. The Morgan fingerprint density at radius 2 is 2.43 bits per heavy atom. The Morgan fingerprint density at radius 3 is 3.00 bits per heavy atom. The van der Waals surface area contributed by atoms with E-state index in [-0.39, 0.29) is 0 Å². The standard InChI is InChI=1S/C10H18N2OS/c1-3-8(6-11)9-7-14-10(12-9)4-5-13-2/h7-8H,3-6,11H2,1-2H3. The molecule has 3 nitrogen and oxygen atoms in total. The van der Waals surface area contributed by atoms with E-state index in [1.807, 2.05) is 0 Å². The topological polar surface area (TPSA) is 48.1 Å². The smallest absolute Gasteiger partial charge is 0.0951 e.